The van der Waals surface area contributed by atoms with Crippen LogP contribution in [0.3, 0.4) is 0 Å². The summed E-state index contributed by atoms with van der Waals surface area (Å²) in [5.74, 6) is 3.28. The summed E-state index contributed by atoms with van der Waals surface area (Å²) in [6, 6.07) is 0. The molecule has 8 heteroatoms. The van der Waals surface area contributed by atoms with Crippen LogP contribution in [0.1, 0.15) is 59.3 Å². The molecule has 2 aliphatic rings. The fourth-order valence-corrected chi connectivity index (χ4v) is 4.54. The lowest BCUT2D eigenvalue weighted by Gasteiger charge is -2.33. The first-order chi connectivity index (χ1) is 14.9. The van der Waals surface area contributed by atoms with Gasteiger partial charge in [-0.05, 0) is 47.0 Å². The summed E-state index contributed by atoms with van der Waals surface area (Å²) >= 11 is 0. The number of aryl methyl sites for hydroxylation is 3. The maximum absolute atomic E-state index is 12.7. The molecule has 0 bridgehead atoms. The highest BCUT2D eigenvalue weighted by Crippen LogP contribution is 2.30. The van der Waals surface area contributed by atoms with Gasteiger partial charge < -0.3 is 19.1 Å². The van der Waals surface area contributed by atoms with E-state index in [1.165, 1.54) is 0 Å². The number of nitrogens with zero attached hydrogens (tertiary/aromatic N) is 5. The molecule has 2 aliphatic heterocycles. The molecule has 168 valence electrons. The van der Waals surface area contributed by atoms with Crippen LogP contribution < -0.4 is 4.90 Å². The van der Waals surface area contributed by atoms with Crippen molar-refractivity contribution >= 4 is 11.7 Å². The van der Waals surface area contributed by atoms with Crippen LogP contribution in [0.2, 0.25) is 0 Å². The third-order valence-corrected chi connectivity index (χ3v) is 6.67. The average molecular weight is 428 g/mol. The lowest BCUT2D eigenvalue weighted by atomic mass is 9.95. The summed E-state index contributed by atoms with van der Waals surface area (Å²) in [5.41, 5.74) is 4.14. The number of aromatic nitrogens is 3. The summed E-state index contributed by atoms with van der Waals surface area (Å²) in [6.45, 7) is 12.7. The van der Waals surface area contributed by atoms with E-state index in [9.17, 15) is 4.79 Å². The summed E-state index contributed by atoms with van der Waals surface area (Å²) in [4.78, 5) is 26.8. The topological polar surface area (TPSA) is 84.6 Å². The Kier molecular flexibility index (Phi) is 6.55. The van der Waals surface area contributed by atoms with Crippen molar-refractivity contribution in [2.45, 2.75) is 59.3 Å². The molecule has 0 unspecified atom stereocenters. The van der Waals surface area contributed by atoms with E-state index in [2.05, 4.69) is 23.9 Å². The molecule has 1 amide bonds. The number of amides is 1. The van der Waals surface area contributed by atoms with E-state index in [0.717, 1.165) is 92.2 Å². The molecule has 4 heterocycles. The number of likely N-dealkylation sites (tertiary alicyclic amines) is 1. The molecule has 0 spiro atoms. The van der Waals surface area contributed by atoms with Crippen LogP contribution in [-0.4, -0.2) is 65.3 Å². The van der Waals surface area contributed by atoms with Crippen LogP contribution in [0.4, 0.5) is 5.82 Å². The van der Waals surface area contributed by atoms with Crippen LogP contribution in [0.5, 0.6) is 0 Å². The van der Waals surface area contributed by atoms with Crippen LogP contribution >= 0.6 is 0 Å². The molecule has 2 aromatic rings. The van der Waals surface area contributed by atoms with Crippen molar-refractivity contribution in [3.63, 3.8) is 0 Å². The molecule has 0 atom stereocenters. The molecule has 2 saturated heterocycles. The Labute approximate surface area is 184 Å². The third kappa shape index (κ3) is 4.74. The first-order valence-corrected chi connectivity index (χ1v) is 11.3. The number of hydrogen-bond donors (Lipinski definition) is 0. The zero-order valence-electron chi connectivity index (χ0n) is 19.1. The summed E-state index contributed by atoms with van der Waals surface area (Å²) in [7, 11) is 0. The minimum absolute atomic E-state index is 0.202. The Bertz CT molecular complexity index is 908. The van der Waals surface area contributed by atoms with Gasteiger partial charge in [0.05, 0.1) is 18.9 Å². The number of carbonyl (C=O) groups excluding carboxylic acids is 1. The highest BCUT2D eigenvalue weighted by molar-refractivity contribution is 5.76. The van der Waals surface area contributed by atoms with Gasteiger partial charge in [0, 0.05) is 55.3 Å². The van der Waals surface area contributed by atoms with E-state index < -0.39 is 0 Å². The van der Waals surface area contributed by atoms with Gasteiger partial charge in [0.1, 0.15) is 17.4 Å². The van der Waals surface area contributed by atoms with Gasteiger partial charge in [-0.2, -0.15) is 0 Å². The summed E-state index contributed by atoms with van der Waals surface area (Å²) in [6.07, 6.45) is 2.99. The smallest absolute Gasteiger partial charge is 0.222 e. The van der Waals surface area contributed by atoms with E-state index in [1.54, 1.807) is 0 Å². The van der Waals surface area contributed by atoms with Gasteiger partial charge in [-0.15, -0.1) is 0 Å². The molecule has 0 aromatic carbocycles. The fourth-order valence-electron chi connectivity index (χ4n) is 4.54. The van der Waals surface area contributed by atoms with Gasteiger partial charge >= 0.3 is 0 Å². The van der Waals surface area contributed by atoms with E-state index >= 15 is 0 Å². The largest absolute Gasteiger partial charge is 0.378 e. The van der Waals surface area contributed by atoms with Crippen LogP contribution in [0.15, 0.2) is 4.52 Å². The SMILES string of the molecule is Cc1nc(C2CCN(C(=O)CCc3c(C)noc3C)CC2)nc(N2CCOCC2)c1C. The number of hydrogen-bond acceptors (Lipinski definition) is 7. The first-order valence-electron chi connectivity index (χ1n) is 11.3. The van der Waals surface area contributed by atoms with Crippen molar-refractivity contribution in [2.24, 2.45) is 0 Å². The van der Waals surface area contributed by atoms with Crippen molar-refractivity contribution < 1.29 is 14.1 Å². The number of carbonyl (C=O) groups is 1. The van der Waals surface area contributed by atoms with Gasteiger partial charge in [-0.1, -0.05) is 5.16 Å². The Hall–Kier alpha value is -2.48. The van der Waals surface area contributed by atoms with Gasteiger partial charge in [-0.25, -0.2) is 9.97 Å². The zero-order chi connectivity index (χ0) is 22.0. The molecule has 0 radical (unpaired) electrons. The molecule has 4 rings (SSSR count). The standard InChI is InChI=1S/C23H33N5O3/c1-15-16(2)24-22(25-23(15)28-11-13-30-14-12-28)19-7-9-27(10-8-19)21(29)6-5-20-17(3)26-31-18(20)4/h19H,5-14H2,1-4H3. The Morgan fingerprint density at radius 2 is 1.71 bits per heavy atom. The first kappa shape index (κ1) is 21.7. The third-order valence-electron chi connectivity index (χ3n) is 6.67. The number of piperidine rings is 1. The lowest BCUT2D eigenvalue weighted by molar-refractivity contribution is -0.132. The highest BCUT2D eigenvalue weighted by atomic mass is 16.5. The maximum Gasteiger partial charge on any atom is 0.222 e. The zero-order valence-corrected chi connectivity index (χ0v) is 19.1. The van der Waals surface area contributed by atoms with Gasteiger partial charge in [0.2, 0.25) is 5.91 Å². The monoisotopic (exact) mass is 427 g/mol. The van der Waals surface area contributed by atoms with Gasteiger partial charge in [0.15, 0.2) is 0 Å². The minimum atomic E-state index is 0.202. The molecular formula is C23H33N5O3. The lowest BCUT2D eigenvalue weighted by Crippen LogP contribution is -2.39. The van der Waals surface area contributed by atoms with E-state index in [0.29, 0.717) is 18.8 Å². The average Bonchev–Trinajstić information content (AvgIpc) is 3.11. The summed E-state index contributed by atoms with van der Waals surface area (Å²) in [5, 5.41) is 3.98. The quantitative estimate of drug-likeness (QED) is 0.725. The van der Waals surface area contributed by atoms with Gasteiger partial charge in [-0.3, -0.25) is 4.79 Å². The molecule has 0 N–H and O–H groups in total. The molecule has 2 fully saturated rings. The number of rotatable bonds is 5. The molecule has 8 nitrogen and oxygen atoms in total. The van der Waals surface area contributed by atoms with Gasteiger partial charge in [0.25, 0.3) is 0 Å². The highest BCUT2D eigenvalue weighted by Gasteiger charge is 2.27. The second-order valence-corrected chi connectivity index (χ2v) is 8.67. The van der Waals surface area contributed by atoms with Crippen molar-refractivity contribution in [2.75, 3.05) is 44.3 Å². The predicted octanol–water partition coefficient (Wildman–Crippen LogP) is 2.87. The minimum Gasteiger partial charge on any atom is -0.378 e. The maximum atomic E-state index is 12.7. The molecule has 0 aliphatic carbocycles. The number of morpholine rings is 1. The number of ether oxygens (including phenoxy) is 1. The second-order valence-electron chi connectivity index (χ2n) is 8.67. The molecular weight excluding hydrogens is 394 g/mol. The van der Waals surface area contributed by atoms with Crippen molar-refractivity contribution in [1.82, 2.24) is 20.0 Å². The second kappa shape index (κ2) is 9.34. The van der Waals surface area contributed by atoms with Crippen molar-refractivity contribution in [3.8, 4) is 0 Å². The van der Waals surface area contributed by atoms with E-state index in [4.69, 9.17) is 19.2 Å². The van der Waals surface area contributed by atoms with Crippen LogP contribution in [0, 0.1) is 27.7 Å². The summed E-state index contributed by atoms with van der Waals surface area (Å²) < 4.78 is 10.7. The molecule has 0 saturated carbocycles. The van der Waals surface area contributed by atoms with E-state index in [-0.39, 0.29) is 5.91 Å². The Balaban J connectivity index is 1.37. The van der Waals surface area contributed by atoms with Crippen molar-refractivity contribution in [3.05, 3.63) is 34.1 Å². The normalized spacial score (nSPS) is 17.9. The molecule has 31 heavy (non-hydrogen) atoms. The van der Waals surface area contributed by atoms with E-state index in [1.807, 2.05) is 18.7 Å². The predicted molar refractivity (Wildman–Crippen MR) is 117 cm³/mol. The van der Waals surface area contributed by atoms with Crippen LogP contribution in [-0.2, 0) is 16.0 Å². The fraction of sp³-hybridized carbons (Fsp3) is 0.652. The van der Waals surface area contributed by atoms with Crippen LogP contribution in [0.25, 0.3) is 0 Å². The Morgan fingerprint density at radius 3 is 2.35 bits per heavy atom. The Morgan fingerprint density at radius 1 is 1.00 bits per heavy atom. The number of anilines is 1. The molecule has 2 aromatic heterocycles. The van der Waals surface area contributed by atoms with Crippen molar-refractivity contribution in [1.29, 1.82) is 0 Å².